The summed E-state index contributed by atoms with van der Waals surface area (Å²) in [6.07, 6.45) is 3.15. The van der Waals surface area contributed by atoms with Gasteiger partial charge in [-0.25, -0.2) is 15.0 Å². The number of rotatable bonds is 6. The predicted octanol–water partition coefficient (Wildman–Crippen LogP) is 4.80. The van der Waals surface area contributed by atoms with Crippen molar-refractivity contribution >= 4 is 24.3 Å². The third-order valence-corrected chi connectivity index (χ3v) is 5.58. The minimum absolute atomic E-state index is 0.137. The second kappa shape index (κ2) is 10.6. The lowest BCUT2D eigenvalue weighted by Crippen LogP contribution is -2.43. The quantitative estimate of drug-likeness (QED) is 0.362. The molecule has 8 nitrogen and oxygen atoms in total. The number of benzene rings is 1. The maximum absolute atomic E-state index is 13.5. The van der Waals surface area contributed by atoms with E-state index in [2.05, 4.69) is 26.8 Å². The average molecular weight is 498 g/mol. The lowest BCUT2D eigenvalue weighted by Gasteiger charge is -2.36. The minimum Gasteiger partial charge on any atom is -0.479 e. The molecule has 0 unspecified atom stereocenters. The Kier molecular flexibility index (Phi) is 7.37. The SMILES string of the molecule is C=NC(/C=C/c1ccc(-n2cnc(C)c2)c(OC)n1)=N\N1CCCN(c2ccccc2C(F)(F)F)C1. The Hall–Kier alpha value is -4.15. The highest BCUT2D eigenvalue weighted by Gasteiger charge is 2.35. The fourth-order valence-corrected chi connectivity index (χ4v) is 3.91. The number of nitrogens with zero attached hydrogens (tertiary/aromatic N) is 7. The van der Waals surface area contributed by atoms with E-state index in [-0.39, 0.29) is 12.4 Å². The smallest absolute Gasteiger partial charge is 0.418 e. The first-order chi connectivity index (χ1) is 17.3. The molecule has 3 heterocycles. The van der Waals surface area contributed by atoms with E-state index < -0.39 is 11.7 Å². The molecule has 0 atom stereocenters. The third kappa shape index (κ3) is 5.73. The summed E-state index contributed by atoms with van der Waals surface area (Å²) < 4.78 is 47.7. The fraction of sp³-hybridized carbons (Fsp3) is 0.280. The topological polar surface area (TPSA) is 71.1 Å². The van der Waals surface area contributed by atoms with E-state index in [9.17, 15) is 13.2 Å². The van der Waals surface area contributed by atoms with Crippen LogP contribution in [0.4, 0.5) is 18.9 Å². The van der Waals surface area contributed by atoms with Crippen molar-refractivity contribution in [1.82, 2.24) is 19.5 Å². The van der Waals surface area contributed by atoms with Gasteiger partial charge >= 0.3 is 6.18 Å². The Labute approximate surface area is 207 Å². The van der Waals surface area contributed by atoms with Crippen LogP contribution in [0, 0.1) is 6.92 Å². The molecular weight excluding hydrogens is 471 g/mol. The molecular formula is C25H26F3N7O. The van der Waals surface area contributed by atoms with Crippen LogP contribution in [0.15, 0.2) is 65.1 Å². The number of ether oxygens (including phenoxy) is 1. The number of aliphatic imine (C=N–C) groups is 1. The highest BCUT2D eigenvalue weighted by atomic mass is 19.4. The van der Waals surface area contributed by atoms with Gasteiger partial charge in [-0.3, -0.25) is 5.01 Å². The number of halogens is 3. The number of hydrazone groups is 1. The number of amidine groups is 1. The summed E-state index contributed by atoms with van der Waals surface area (Å²) in [7, 11) is 1.54. The molecule has 0 radical (unpaired) electrons. The van der Waals surface area contributed by atoms with Crippen molar-refractivity contribution in [2.24, 2.45) is 10.1 Å². The number of hydrogen-bond donors (Lipinski definition) is 0. The minimum atomic E-state index is -4.43. The van der Waals surface area contributed by atoms with Crippen LogP contribution in [0.1, 0.15) is 23.4 Å². The van der Waals surface area contributed by atoms with E-state index >= 15 is 0 Å². The lowest BCUT2D eigenvalue weighted by molar-refractivity contribution is -0.137. The van der Waals surface area contributed by atoms with Gasteiger partial charge in [-0.05, 0) is 56.5 Å². The second-order valence-corrected chi connectivity index (χ2v) is 8.14. The molecule has 11 heteroatoms. The summed E-state index contributed by atoms with van der Waals surface area (Å²) in [4.78, 5) is 14.4. The average Bonchev–Trinajstić information content (AvgIpc) is 3.32. The summed E-state index contributed by atoms with van der Waals surface area (Å²) in [6, 6.07) is 9.26. The molecule has 0 N–H and O–H groups in total. The van der Waals surface area contributed by atoms with Crippen molar-refractivity contribution in [2.45, 2.75) is 19.5 Å². The van der Waals surface area contributed by atoms with Crippen LogP contribution in [-0.4, -0.2) is 59.0 Å². The molecule has 188 valence electrons. The van der Waals surface area contributed by atoms with Gasteiger partial charge in [0.15, 0.2) is 5.84 Å². The number of para-hydroxylation sites is 1. The largest absolute Gasteiger partial charge is 0.479 e. The zero-order chi connectivity index (χ0) is 25.7. The summed E-state index contributed by atoms with van der Waals surface area (Å²) in [5, 5.41) is 6.17. The summed E-state index contributed by atoms with van der Waals surface area (Å²) >= 11 is 0. The highest BCUT2D eigenvalue weighted by molar-refractivity contribution is 5.98. The van der Waals surface area contributed by atoms with Crippen LogP contribution in [0.3, 0.4) is 0 Å². The Morgan fingerprint density at radius 2 is 1.94 bits per heavy atom. The Morgan fingerprint density at radius 3 is 2.64 bits per heavy atom. The number of aryl methyl sites for hydroxylation is 1. The molecule has 4 rings (SSSR count). The molecule has 0 spiro atoms. The van der Waals surface area contributed by atoms with Gasteiger partial charge in [-0.2, -0.15) is 18.3 Å². The third-order valence-electron chi connectivity index (χ3n) is 5.58. The Balaban J connectivity index is 1.51. The van der Waals surface area contributed by atoms with Gasteiger partial charge in [0.1, 0.15) is 12.4 Å². The van der Waals surface area contributed by atoms with Crippen molar-refractivity contribution in [1.29, 1.82) is 0 Å². The van der Waals surface area contributed by atoms with Gasteiger partial charge in [0.25, 0.3) is 0 Å². The van der Waals surface area contributed by atoms with Crippen LogP contribution in [0.25, 0.3) is 11.8 Å². The molecule has 36 heavy (non-hydrogen) atoms. The van der Waals surface area contributed by atoms with Crippen LogP contribution in [0.5, 0.6) is 5.88 Å². The van der Waals surface area contributed by atoms with Crippen molar-refractivity contribution < 1.29 is 17.9 Å². The number of methoxy groups -OCH3 is 1. The maximum atomic E-state index is 13.5. The first-order valence-corrected chi connectivity index (χ1v) is 11.2. The molecule has 1 aliphatic heterocycles. The number of aromatic nitrogens is 3. The maximum Gasteiger partial charge on any atom is 0.418 e. The molecule has 2 aromatic heterocycles. The Bertz CT molecular complexity index is 1280. The Morgan fingerprint density at radius 1 is 1.14 bits per heavy atom. The van der Waals surface area contributed by atoms with E-state index in [4.69, 9.17) is 4.74 Å². The van der Waals surface area contributed by atoms with Crippen LogP contribution in [-0.2, 0) is 6.18 Å². The molecule has 1 aromatic carbocycles. The van der Waals surface area contributed by atoms with E-state index in [1.54, 1.807) is 41.6 Å². The predicted molar refractivity (Wildman–Crippen MR) is 134 cm³/mol. The van der Waals surface area contributed by atoms with E-state index in [1.165, 1.54) is 12.1 Å². The number of pyridine rings is 1. The van der Waals surface area contributed by atoms with Gasteiger partial charge in [-0.1, -0.05) is 12.1 Å². The summed E-state index contributed by atoms with van der Waals surface area (Å²) in [5.41, 5.74) is 1.71. The van der Waals surface area contributed by atoms with Crippen molar-refractivity contribution in [3.8, 4) is 11.6 Å². The first kappa shape index (κ1) is 25.0. The van der Waals surface area contributed by atoms with Gasteiger partial charge in [0.05, 0.1) is 36.1 Å². The summed E-state index contributed by atoms with van der Waals surface area (Å²) in [5.74, 6) is 0.741. The molecule has 1 fully saturated rings. The molecule has 0 saturated carbocycles. The van der Waals surface area contributed by atoms with E-state index in [1.807, 2.05) is 29.8 Å². The first-order valence-electron chi connectivity index (χ1n) is 11.2. The zero-order valence-electron chi connectivity index (χ0n) is 20.0. The monoisotopic (exact) mass is 497 g/mol. The van der Waals surface area contributed by atoms with Gasteiger partial charge in [0.2, 0.25) is 5.88 Å². The zero-order valence-corrected chi connectivity index (χ0v) is 20.0. The lowest BCUT2D eigenvalue weighted by atomic mass is 10.1. The number of imidazole rings is 1. The number of alkyl halides is 3. The van der Waals surface area contributed by atoms with Crippen molar-refractivity contribution in [2.75, 3.05) is 31.8 Å². The normalized spacial score (nSPS) is 15.0. The van der Waals surface area contributed by atoms with Gasteiger partial charge in [-0.15, -0.1) is 0 Å². The van der Waals surface area contributed by atoms with Gasteiger partial charge < -0.3 is 14.2 Å². The molecule has 1 aliphatic rings. The molecule has 0 amide bonds. The highest BCUT2D eigenvalue weighted by Crippen LogP contribution is 2.37. The fourth-order valence-electron chi connectivity index (χ4n) is 3.91. The summed E-state index contributed by atoms with van der Waals surface area (Å²) in [6.45, 7) is 6.76. The molecule has 1 saturated heterocycles. The number of hydrogen-bond acceptors (Lipinski definition) is 6. The standard InChI is InChI=1S/C25H26F3N7O/c1-18-15-34(16-30-18)22-11-9-19(31-24(22)36-3)10-12-23(29-2)32-35-14-6-13-33(17-35)21-8-5-4-7-20(21)25(26,27)28/h4-5,7-12,15-16H,2,6,13-14,17H2,1,3H3/b12-10+,32-23-. The molecule has 3 aromatic rings. The number of anilines is 1. The molecule has 0 bridgehead atoms. The van der Waals surface area contributed by atoms with Crippen molar-refractivity contribution in [3.05, 3.63) is 71.9 Å². The van der Waals surface area contributed by atoms with Crippen molar-refractivity contribution in [3.63, 3.8) is 0 Å². The van der Waals surface area contributed by atoms with Crippen LogP contribution >= 0.6 is 0 Å². The second-order valence-electron chi connectivity index (χ2n) is 8.14. The van der Waals surface area contributed by atoms with Crippen LogP contribution < -0.4 is 9.64 Å². The van der Waals surface area contributed by atoms with E-state index in [0.717, 1.165) is 17.4 Å². The van der Waals surface area contributed by atoms with Crippen LogP contribution in [0.2, 0.25) is 0 Å². The van der Waals surface area contributed by atoms with E-state index in [0.29, 0.717) is 36.9 Å². The molecule has 0 aliphatic carbocycles. The van der Waals surface area contributed by atoms with Gasteiger partial charge in [0, 0.05) is 19.3 Å².